The summed E-state index contributed by atoms with van der Waals surface area (Å²) in [6.07, 6.45) is 2.57. The first-order chi connectivity index (χ1) is 17.4. The van der Waals surface area contributed by atoms with Crippen molar-refractivity contribution in [1.82, 2.24) is 19.5 Å². The van der Waals surface area contributed by atoms with Crippen LogP contribution in [0.15, 0.2) is 65.9 Å². The van der Waals surface area contributed by atoms with Crippen LogP contribution in [0.1, 0.15) is 35.3 Å². The number of carbonyl (C=O) groups is 2. The van der Waals surface area contributed by atoms with Crippen LogP contribution in [0.2, 0.25) is 0 Å². The molecule has 6 rings (SSSR count). The zero-order chi connectivity index (χ0) is 25.0. The number of para-hydroxylation sites is 2. The molecule has 0 atom stereocenters. The first kappa shape index (κ1) is 22.0. The summed E-state index contributed by atoms with van der Waals surface area (Å²) in [4.78, 5) is 30.1. The Hall–Kier alpha value is -4.53. The van der Waals surface area contributed by atoms with E-state index in [1.54, 1.807) is 17.8 Å². The molecular formula is C27H25N5O4. The molecule has 0 saturated carbocycles. The van der Waals surface area contributed by atoms with Crippen LogP contribution in [0.25, 0.3) is 16.9 Å². The molecule has 1 fully saturated rings. The molecule has 1 aliphatic carbocycles. The van der Waals surface area contributed by atoms with Gasteiger partial charge in [-0.25, -0.2) is 4.52 Å². The van der Waals surface area contributed by atoms with Crippen LogP contribution < -0.4 is 15.2 Å². The van der Waals surface area contributed by atoms with Gasteiger partial charge in [-0.05, 0) is 49.7 Å². The number of likely N-dealkylation sites (tertiary alicyclic amines) is 1. The number of allylic oxidation sites excluding steroid dienone is 1. The number of rotatable bonds is 7. The molecule has 0 radical (unpaired) electrons. The summed E-state index contributed by atoms with van der Waals surface area (Å²) >= 11 is 0. The standard InChI is InChI=1S/C27H25N5O4/c1-15-11-19(15)27(34)31-13-17(14-31)20-12-29-32-24(25(28)33)23(30-26(20)32)16-7-9-18(10-8-16)36-22-6-4-3-5-21(22)35-2/h3-10,12,17,30H,11,13-14H2,1-2H3,(H2,28,33). The number of nitrogens with zero attached hydrogens (tertiary/aromatic N) is 3. The van der Waals surface area contributed by atoms with E-state index in [1.165, 1.54) is 5.57 Å². The van der Waals surface area contributed by atoms with Crippen molar-refractivity contribution in [3.63, 3.8) is 0 Å². The number of aromatic nitrogens is 3. The lowest BCUT2D eigenvalue weighted by Crippen LogP contribution is -2.48. The third-order valence-electron chi connectivity index (χ3n) is 6.86. The highest BCUT2D eigenvalue weighted by Crippen LogP contribution is 2.38. The van der Waals surface area contributed by atoms with Crippen LogP contribution in [-0.4, -0.2) is 51.5 Å². The SMILES string of the molecule is COc1ccccc1Oc1ccc(-c2[nH]c3c(C4CN(C(=O)C5=C(C)C5)C4)cnn3c2C(N)=O)cc1. The van der Waals surface area contributed by atoms with E-state index in [0.29, 0.717) is 41.7 Å². The molecule has 0 unspecified atom stereocenters. The Morgan fingerprint density at radius 2 is 1.78 bits per heavy atom. The monoisotopic (exact) mass is 483 g/mol. The summed E-state index contributed by atoms with van der Waals surface area (Å²) in [5.74, 6) is 1.57. The lowest BCUT2D eigenvalue weighted by atomic mass is 9.93. The van der Waals surface area contributed by atoms with E-state index in [4.69, 9.17) is 15.2 Å². The largest absolute Gasteiger partial charge is 0.493 e. The van der Waals surface area contributed by atoms with Crippen molar-refractivity contribution in [3.8, 4) is 28.5 Å². The van der Waals surface area contributed by atoms with Gasteiger partial charge in [0.15, 0.2) is 17.2 Å². The van der Waals surface area contributed by atoms with Gasteiger partial charge < -0.3 is 25.1 Å². The molecule has 4 aromatic rings. The van der Waals surface area contributed by atoms with Crippen molar-refractivity contribution in [1.29, 1.82) is 0 Å². The first-order valence-electron chi connectivity index (χ1n) is 11.7. The van der Waals surface area contributed by atoms with Crippen LogP contribution in [0.4, 0.5) is 0 Å². The van der Waals surface area contributed by atoms with E-state index >= 15 is 0 Å². The maximum Gasteiger partial charge on any atom is 0.269 e. The number of H-pyrrole nitrogens is 1. The summed E-state index contributed by atoms with van der Waals surface area (Å²) in [5, 5.41) is 4.44. The van der Waals surface area contributed by atoms with Crippen molar-refractivity contribution >= 4 is 17.5 Å². The predicted octanol–water partition coefficient (Wildman–Crippen LogP) is 3.88. The van der Waals surface area contributed by atoms with Crippen molar-refractivity contribution in [3.05, 3.63) is 77.1 Å². The molecule has 36 heavy (non-hydrogen) atoms. The number of primary amides is 1. The number of hydrogen-bond acceptors (Lipinski definition) is 5. The second-order valence-corrected chi connectivity index (χ2v) is 9.19. The summed E-state index contributed by atoms with van der Waals surface area (Å²) in [5.41, 5.74) is 11.2. The Morgan fingerprint density at radius 3 is 2.42 bits per heavy atom. The van der Waals surface area contributed by atoms with Gasteiger partial charge in [0.25, 0.3) is 5.91 Å². The number of imidazole rings is 1. The van der Waals surface area contributed by atoms with Crippen LogP contribution in [0.5, 0.6) is 17.2 Å². The van der Waals surface area contributed by atoms with Gasteiger partial charge in [-0.15, -0.1) is 0 Å². The number of nitrogens with two attached hydrogens (primary N) is 1. The molecule has 0 spiro atoms. The summed E-state index contributed by atoms with van der Waals surface area (Å²) < 4.78 is 12.9. The van der Waals surface area contributed by atoms with Crippen LogP contribution >= 0.6 is 0 Å². The number of fused-ring (bicyclic) bond motifs is 1. The number of aromatic amines is 1. The number of carbonyl (C=O) groups excluding carboxylic acids is 2. The van der Waals surface area contributed by atoms with Gasteiger partial charge in [0.1, 0.15) is 11.4 Å². The Kier molecular flexibility index (Phi) is 5.06. The lowest BCUT2D eigenvalue weighted by molar-refractivity contribution is -0.131. The second kappa shape index (κ2) is 8.30. The molecule has 182 valence electrons. The molecule has 9 nitrogen and oxygen atoms in total. The number of ether oxygens (including phenoxy) is 2. The van der Waals surface area contributed by atoms with E-state index in [0.717, 1.165) is 23.1 Å². The molecule has 0 bridgehead atoms. The predicted molar refractivity (Wildman–Crippen MR) is 133 cm³/mol. The zero-order valence-electron chi connectivity index (χ0n) is 19.9. The molecule has 9 heteroatoms. The maximum atomic E-state index is 12.4. The topological polar surface area (TPSA) is 115 Å². The molecule has 2 aromatic carbocycles. The van der Waals surface area contributed by atoms with E-state index in [-0.39, 0.29) is 17.5 Å². The van der Waals surface area contributed by atoms with Crippen LogP contribution in [-0.2, 0) is 4.79 Å². The van der Waals surface area contributed by atoms with Gasteiger partial charge in [0, 0.05) is 35.7 Å². The fraction of sp³-hybridized carbons (Fsp3) is 0.222. The average Bonchev–Trinajstić information content (AvgIpc) is 3.27. The normalized spacial score (nSPS) is 15.2. The molecule has 2 aliphatic rings. The first-order valence-corrected chi connectivity index (χ1v) is 11.7. The highest BCUT2D eigenvalue weighted by Gasteiger charge is 2.38. The third kappa shape index (κ3) is 3.60. The van der Waals surface area contributed by atoms with Crippen molar-refractivity contribution in [2.75, 3.05) is 20.2 Å². The molecule has 2 amide bonds. The molecule has 1 aliphatic heterocycles. The van der Waals surface area contributed by atoms with Gasteiger partial charge in [0.2, 0.25) is 5.91 Å². The van der Waals surface area contributed by atoms with Crippen LogP contribution in [0, 0.1) is 0 Å². The maximum absolute atomic E-state index is 12.4. The Bertz CT molecular complexity index is 1540. The number of hydrogen-bond donors (Lipinski definition) is 2. The Morgan fingerprint density at radius 1 is 1.08 bits per heavy atom. The van der Waals surface area contributed by atoms with E-state index < -0.39 is 5.91 Å². The summed E-state index contributed by atoms with van der Waals surface area (Å²) in [7, 11) is 1.59. The number of amides is 2. The van der Waals surface area contributed by atoms with E-state index in [2.05, 4.69) is 10.1 Å². The summed E-state index contributed by atoms with van der Waals surface area (Å²) in [6, 6.07) is 14.8. The molecule has 1 saturated heterocycles. The number of benzene rings is 2. The molecule has 2 aromatic heterocycles. The molecular weight excluding hydrogens is 458 g/mol. The highest BCUT2D eigenvalue weighted by molar-refractivity contribution is 6.00. The average molecular weight is 484 g/mol. The van der Waals surface area contributed by atoms with Gasteiger partial charge in [-0.2, -0.15) is 5.10 Å². The van der Waals surface area contributed by atoms with Crippen molar-refractivity contribution in [2.45, 2.75) is 19.3 Å². The minimum Gasteiger partial charge on any atom is -0.493 e. The van der Waals surface area contributed by atoms with Gasteiger partial charge in [-0.1, -0.05) is 17.7 Å². The second-order valence-electron chi connectivity index (χ2n) is 9.19. The van der Waals surface area contributed by atoms with E-state index in [1.807, 2.05) is 60.4 Å². The zero-order valence-corrected chi connectivity index (χ0v) is 19.9. The van der Waals surface area contributed by atoms with Gasteiger partial charge in [0.05, 0.1) is 19.0 Å². The fourth-order valence-electron chi connectivity index (χ4n) is 4.71. The third-order valence-corrected chi connectivity index (χ3v) is 6.86. The van der Waals surface area contributed by atoms with E-state index in [9.17, 15) is 9.59 Å². The van der Waals surface area contributed by atoms with Crippen molar-refractivity contribution < 1.29 is 19.1 Å². The summed E-state index contributed by atoms with van der Waals surface area (Å²) in [6.45, 7) is 3.26. The van der Waals surface area contributed by atoms with Crippen LogP contribution in [0.3, 0.4) is 0 Å². The van der Waals surface area contributed by atoms with Gasteiger partial charge >= 0.3 is 0 Å². The molecule has 3 heterocycles. The minimum atomic E-state index is -0.582. The fourth-order valence-corrected chi connectivity index (χ4v) is 4.71. The Labute approximate surface area is 207 Å². The van der Waals surface area contributed by atoms with Gasteiger partial charge in [-0.3, -0.25) is 9.59 Å². The molecule has 3 N–H and O–H groups in total. The quantitative estimate of drug-likeness (QED) is 0.414. The Balaban J connectivity index is 1.27. The highest BCUT2D eigenvalue weighted by atomic mass is 16.5. The van der Waals surface area contributed by atoms with Crippen molar-refractivity contribution in [2.24, 2.45) is 5.73 Å². The smallest absolute Gasteiger partial charge is 0.269 e. The minimum absolute atomic E-state index is 0.132. The number of methoxy groups -OCH3 is 1. The number of nitrogens with one attached hydrogen (secondary N) is 1. The lowest BCUT2D eigenvalue weighted by Gasteiger charge is -2.38.